The molecule has 0 heterocycles. The molecule has 0 saturated heterocycles. The molecule has 0 rings (SSSR count). The van der Waals surface area contributed by atoms with Crippen molar-refractivity contribution in [2.45, 2.75) is 52.4 Å². The van der Waals surface area contributed by atoms with Crippen molar-refractivity contribution in [3.8, 4) is 0 Å². The van der Waals surface area contributed by atoms with Crippen molar-refractivity contribution < 1.29 is 9.53 Å². The molecule has 0 aromatic heterocycles. The number of alkyl halides is 1. The first-order valence-electron chi connectivity index (χ1n) is 7.49. The number of carbonyl (C=O) groups excluding carboxylic acids is 1. The molecule has 120 valence electrons. The van der Waals surface area contributed by atoms with Gasteiger partial charge in [0.05, 0.1) is 0 Å². The van der Waals surface area contributed by atoms with Gasteiger partial charge in [-0.1, -0.05) is 45.6 Å². The molecule has 0 fully saturated rings. The zero-order valence-electron chi connectivity index (χ0n) is 13.7. The summed E-state index contributed by atoms with van der Waals surface area (Å²) in [5, 5.41) is 0. The number of unbranched alkanes of at least 4 members (excludes halogenated alkanes) is 5. The van der Waals surface area contributed by atoms with E-state index in [0.717, 1.165) is 12.4 Å². The number of carbonyl (C=O) groups is 1. The topological polar surface area (TPSA) is 29.5 Å². The number of hydrogen-bond acceptors (Lipinski definition) is 3. The molecule has 0 atom stereocenters. The maximum absolute atomic E-state index is 10.8. The van der Waals surface area contributed by atoms with Gasteiger partial charge in [-0.05, 0) is 27.4 Å². The van der Waals surface area contributed by atoms with E-state index in [0.29, 0.717) is 12.2 Å². The molecule has 4 heteroatoms. The van der Waals surface area contributed by atoms with E-state index in [2.05, 4.69) is 13.5 Å². The largest absolute Gasteiger partial charge is 0.461 e. The first kappa shape index (κ1) is 21.8. The summed E-state index contributed by atoms with van der Waals surface area (Å²) in [5.41, 5.74) is 0.448. The van der Waals surface area contributed by atoms with Crippen LogP contribution in [-0.2, 0) is 9.53 Å². The number of rotatable bonds is 10. The lowest BCUT2D eigenvalue weighted by molar-refractivity contribution is -0.139. The monoisotopic (exact) mass is 305 g/mol. The molecule has 20 heavy (non-hydrogen) atoms. The van der Waals surface area contributed by atoms with Crippen LogP contribution >= 0.6 is 11.6 Å². The minimum Gasteiger partial charge on any atom is -0.461 e. The van der Waals surface area contributed by atoms with Crippen molar-refractivity contribution in [3.05, 3.63) is 12.2 Å². The van der Waals surface area contributed by atoms with E-state index in [1.165, 1.54) is 38.5 Å². The lowest BCUT2D eigenvalue weighted by Gasteiger charge is -2.09. The predicted octanol–water partition coefficient (Wildman–Crippen LogP) is 4.25. The number of ether oxygens (including phenoxy) is 1. The lowest BCUT2D eigenvalue weighted by atomic mass is 10.1. The fourth-order valence-electron chi connectivity index (χ4n) is 1.32. The van der Waals surface area contributed by atoms with Gasteiger partial charge in [-0.15, -0.1) is 11.6 Å². The fourth-order valence-corrected chi connectivity index (χ4v) is 1.51. The average molecular weight is 306 g/mol. The van der Waals surface area contributed by atoms with E-state index < -0.39 is 0 Å². The second kappa shape index (κ2) is 16.5. The van der Waals surface area contributed by atoms with Crippen molar-refractivity contribution in [1.29, 1.82) is 0 Å². The molecule has 0 amide bonds. The Morgan fingerprint density at radius 3 is 2.15 bits per heavy atom. The maximum Gasteiger partial charge on any atom is 0.333 e. The van der Waals surface area contributed by atoms with Crippen LogP contribution < -0.4 is 0 Å². The van der Waals surface area contributed by atoms with Crippen molar-refractivity contribution >= 4 is 17.6 Å². The van der Waals surface area contributed by atoms with Gasteiger partial charge in [0.2, 0.25) is 0 Å². The number of esters is 1. The molecule has 0 aliphatic heterocycles. The molecular formula is C16H32ClNO2. The summed E-state index contributed by atoms with van der Waals surface area (Å²) in [6.07, 6.45) is 8.02. The van der Waals surface area contributed by atoms with Crippen molar-refractivity contribution in [1.82, 2.24) is 4.90 Å². The highest BCUT2D eigenvalue weighted by Crippen LogP contribution is 2.04. The van der Waals surface area contributed by atoms with Gasteiger partial charge in [0, 0.05) is 18.0 Å². The van der Waals surface area contributed by atoms with Crippen LogP contribution in [-0.4, -0.2) is 44.0 Å². The Morgan fingerprint density at radius 1 is 1.15 bits per heavy atom. The first-order chi connectivity index (χ1) is 9.45. The molecule has 0 saturated carbocycles. The summed E-state index contributed by atoms with van der Waals surface area (Å²) in [6.45, 7) is 8.52. The predicted molar refractivity (Wildman–Crippen MR) is 88.4 cm³/mol. The van der Waals surface area contributed by atoms with Crippen LogP contribution in [0.1, 0.15) is 52.4 Å². The summed E-state index contributed by atoms with van der Waals surface area (Å²) in [4.78, 5) is 12.7. The van der Waals surface area contributed by atoms with E-state index in [1.807, 2.05) is 19.0 Å². The minimum absolute atomic E-state index is 0.313. The third kappa shape index (κ3) is 19.8. The van der Waals surface area contributed by atoms with Crippen LogP contribution in [0.4, 0.5) is 0 Å². The third-order valence-corrected chi connectivity index (χ3v) is 2.87. The second-order valence-electron chi connectivity index (χ2n) is 5.18. The molecule has 0 aromatic carbocycles. The number of nitrogens with zero attached hydrogens (tertiary/aromatic N) is 1. The average Bonchev–Trinajstić information content (AvgIpc) is 2.38. The van der Waals surface area contributed by atoms with E-state index in [9.17, 15) is 4.79 Å². The van der Waals surface area contributed by atoms with Crippen LogP contribution in [0.15, 0.2) is 12.2 Å². The molecule has 3 nitrogen and oxygen atoms in total. The first-order valence-corrected chi connectivity index (χ1v) is 8.02. The molecule has 0 N–H and O–H groups in total. The summed E-state index contributed by atoms with van der Waals surface area (Å²) < 4.78 is 4.83. The Balaban J connectivity index is 0. The number of halogens is 1. The Bertz CT molecular complexity index is 237. The van der Waals surface area contributed by atoms with Crippen molar-refractivity contribution in [2.75, 3.05) is 33.1 Å². The molecular weight excluding hydrogens is 274 g/mol. The standard InChI is InChI=1S/C8H17Cl.C8H15NO2/c1-2-3-4-5-6-7-8-9;1-7(2)8(10)11-6-5-9(3)4/h2-8H2,1H3;1,5-6H2,2-4H3. The van der Waals surface area contributed by atoms with Crippen molar-refractivity contribution in [3.63, 3.8) is 0 Å². The Hall–Kier alpha value is -0.540. The Kier molecular flexibility index (Phi) is 18.0. The maximum atomic E-state index is 10.8. The number of hydrogen-bond donors (Lipinski definition) is 0. The zero-order chi connectivity index (χ0) is 15.8. The van der Waals surface area contributed by atoms with E-state index in [-0.39, 0.29) is 5.97 Å². The van der Waals surface area contributed by atoms with Gasteiger partial charge in [0.25, 0.3) is 0 Å². The van der Waals surface area contributed by atoms with Crippen LogP contribution in [0, 0.1) is 0 Å². The molecule has 0 unspecified atom stereocenters. The summed E-state index contributed by atoms with van der Waals surface area (Å²) in [5.74, 6) is 0.526. The van der Waals surface area contributed by atoms with Gasteiger partial charge in [-0.25, -0.2) is 4.79 Å². The van der Waals surface area contributed by atoms with Crippen LogP contribution in [0.25, 0.3) is 0 Å². The SMILES string of the molecule is C=C(C)C(=O)OCCN(C)C.CCCCCCCCCl. The summed E-state index contributed by atoms with van der Waals surface area (Å²) in [6, 6.07) is 0. The normalized spacial score (nSPS) is 9.90. The summed E-state index contributed by atoms with van der Waals surface area (Å²) in [7, 11) is 3.85. The Morgan fingerprint density at radius 2 is 1.70 bits per heavy atom. The molecule has 0 aliphatic rings. The van der Waals surface area contributed by atoms with Gasteiger partial charge in [0.15, 0.2) is 0 Å². The summed E-state index contributed by atoms with van der Waals surface area (Å²) >= 11 is 5.51. The van der Waals surface area contributed by atoms with E-state index in [4.69, 9.17) is 16.3 Å². The third-order valence-electron chi connectivity index (χ3n) is 2.61. The van der Waals surface area contributed by atoms with Gasteiger partial charge in [-0.3, -0.25) is 0 Å². The quantitative estimate of drug-likeness (QED) is 0.261. The molecule has 0 radical (unpaired) electrons. The van der Waals surface area contributed by atoms with Gasteiger partial charge >= 0.3 is 5.97 Å². The smallest absolute Gasteiger partial charge is 0.333 e. The second-order valence-corrected chi connectivity index (χ2v) is 5.55. The van der Waals surface area contributed by atoms with Crippen LogP contribution in [0.5, 0.6) is 0 Å². The minimum atomic E-state index is -0.313. The highest BCUT2D eigenvalue weighted by atomic mass is 35.5. The van der Waals surface area contributed by atoms with Gasteiger partial charge in [0.1, 0.15) is 6.61 Å². The zero-order valence-corrected chi connectivity index (χ0v) is 14.5. The fraction of sp³-hybridized carbons (Fsp3) is 0.812. The van der Waals surface area contributed by atoms with Gasteiger partial charge in [-0.2, -0.15) is 0 Å². The molecule has 0 aromatic rings. The van der Waals surface area contributed by atoms with E-state index >= 15 is 0 Å². The van der Waals surface area contributed by atoms with Crippen LogP contribution in [0.2, 0.25) is 0 Å². The Labute approximate surface area is 130 Å². The lowest BCUT2D eigenvalue weighted by Crippen LogP contribution is -2.20. The van der Waals surface area contributed by atoms with Crippen LogP contribution in [0.3, 0.4) is 0 Å². The molecule has 0 aliphatic carbocycles. The van der Waals surface area contributed by atoms with Crippen molar-refractivity contribution in [2.24, 2.45) is 0 Å². The highest BCUT2D eigenvalue weighted by Gasteiger charge is 2.01. The number of likely N-dealkylation sites (N-methyl/N-ethyl adjacent to an activating group) is 1. The highest BCUT2D eigenvalue weighted by molar-refractivity contribution is 6.17. The molecule has 0 spiro atoms. The molecule has 0 bridgehead atoms. The van der Waals surface area contributed by atoms with Gasteiger partial charge < -0.3 is 9.64 Å². The van der Waals surface area contributed by atoms with E-state index in [1.54, 1.807) is 6.92 Å².